The van der Waals surface area contributed by atoms with Crippen molar-refractivity contribution in [3.63, 3.8) is 0 Å². The molecule has 1 heterocycles. The Hall–Kier alpha value is 0.204. The van der Waals surface area contributed by atoms with Gasteiger partial charge >= 0.3 is 61.6 Å². The minimum Gasteiger partial charge on any atom is -0.302 e. The van der Waals surface area contributed by atoms with Crippen LogP contribution in [0.2, 0.25) is 0 Å². The van der Waals surface area contributed by atoms with Gasteiger partial charge in [0.2, 0.25) is 0 Å². The van der Waals surface area contributed by atoms with Gasteiger partial charge in [0.1, 0.15) is 0 Å². The van der Waals surface area contributed by atoms with E-state index in [1.54, 1.807) is 0 Å². The molecule has 4 N–H and O–H groups in total. The quantitative estimate of drug-likeness (QED) is 0.346. The zero-order valence-corrected chi connectivity index (χ0v) is 10.6. The van der Waals surface area contributed by atoms with Crippen molar-refractivity contribution >= 4 is 21.6 Å². The molecule has 0 aromatic rings. The average Bonchev–Trinajstić information content (AvgIpc) is 2.26. The zero-order valence-electron chi connectivity index (χ0n) is 7.25. The molecule has 16 heavy (non-hydrogen) atoms. The van der Waals surface area contributed by atoms with Crippen LogP contribution in [0.25, 0.3) is 0 Å². The fourth-order valence-corrected chi connectivity index (χ4v) is 2.36. The molecule has 1 fully saturated rings. The molecule has 1 aliphatic heterocycles. The molecule has 0 spiro atoms. The van der Waals surface area contributed by atoms with Gasteiger partial charge in [-0.25, -0.2) is 9.13 Å². The maximum atomic E-state index is 10.0. The minimum absolute atomic E-state index is 0.126. The Balaban J connectivity index is 0.000000288. The second kappa shape index (κ2) is 6.22. The molecule has 1 saturated heterocycles. The summed E-state index contributed by atoms with van der Waals surface area (Å²) in [7, 11) is -10.1. The maximum Gasteiger partial charge on any atom is 0.478 e. The molecule has 0 aliphatic carbocycles. The van der Waals surface area contributed by atoms with Crippen molar-refractivity contribution < 1.29 is 66.4 Å². The molecule has 0 aromatic heterocycles. The van der Waals surface area contributed by atoms with Gasteiger partial charge in [-0.2, -0.15) is 4.31 Å². The van der Waals surface area contributed by atoms with Crippen molar-refractivity contribution in [2.75, 3.05) is 6.61 Å². The van der Waals surface area contributed by atoms with Crippen LogP contribution in [-0.4, -0.2) is 32.1 Å². The van der Waals surface area contributed by atoms with Crippen LogP contribution in [0.15, 0.2) is 0 Å². The van der Waals surface area contributed by atoms with E-state index in [2.05, 4.69) is 10.9 Å². The van der Waals surface area contributed by atoms with Crippen molar-refractivity contribution in [2.24, 2.45) is 0 Å². The molecular formula is C2H6O11P2Ti. The second-order valence-corrected chi connectivity index (χ2v) is 6.24. The van der Waals surface area contributed by atoms with E-state index >= 15 is 0 Å². The molecule has 0 atom stereocenters. The first-order valence-electron chi connectivity index (χ1n) is 3.19. The molecule has 0 saturated carbocycles. The van der Waals surface area contributed by atoms with Crippen molar-refractivity contribution in [1.29, 1.82) is 0 Å². The first-order chi connectivity index (χ1) is 6.99. The van der Waals surface area contributed by atoms with Crippen molar-refractivity contribution in [1.82, 2.24) is 0 Å². The molecule has 0 radical (unpaired) electrons. The molecule has 14 heteroatoms. The molecule has 0 amide bonds. The van der Waals surface area contributed by atoms with E-state index in [0.29, 0.717) is 0 Å². The van der Waals surface area contributed by atoms with Gasteiger partial charge in [-0.15, -0.1) is 0 Å². The monoisotopic (exact) mass is 316 g/mol. The number of rotatable bonds is 2. The third-order valence-electron chi connectivity index (χ3n) is 0.718. The third kappa shape index (κ3) is 10.7. The number of carbonyl (C=O) groups is 1. The topological polar surface area (TPSA) is 177 Å². The first kappa shape index (κ1) is 16.2. The van der Waals surface area contributed by atoms with Gasteiger partial charge in [0, 0.05) is 0 Å². The average molecular weight is 316 g/mol. The van der Waals surface area contributed by atoms with Crippen LogP contribution in [-0.2, 0) is 46.8 Å². The molecule has 94 valence electrons. The van der Waals surface area contributed by atoms with Gasteiger partial charge in [0.05, 0.1) is 0 Å². The van der Waals surface area contributed by atoms with Crippen LogP contribution in [0.5, 0.6) is 0 Å². The van der Waals surface area contributed by atoms with Crippen LogP contribution < -0.4 is 0 Å². The van der Waals surface area contributed by atoms with Crippen molar-refractivity contribution in [3.8, 4) is 0 Å². The standard InChI is InChI=1S/C2H3O3.H4O7P2.O.Ti/c3-1-2(4)5;1-8(2,3)7-9(4,5)6;;/h1H2,(H,4,5);(H2,1,2,3)(H2,4,5,6);;/q-1;;;+2/p-1. The summed E-state index contributed by atoms with van der Waals surface area (Å²) in [6, 6.07) is 0. The molecule has 1 aliphatic rings. The predicted octanol–water partition coefficient (Wildman–Crippen LogP) is -1.46. The van der Waals surface area contributed by atoms with Gasteiger partial charge in [-0.3, -0.25) is 0 Å². The Morgan fingerprint density at radius 2 is 1.62 bits per heavy atom. The molecule has 0 aromatic carbocycles. The van der Waals surface area contributed by atoms with Crippen LogP contribution >= 0.6 is 15.6 Å². The van der Waals surface area contributed by atoms with Crippen LogP contribution in [0, 0.1) is 0 Å². The normalized spacial score (nSPS) is 16.5. The van der Waals surface area contributed by atoms with Crippen LogP contribution in [0.3, 0.4) is 0 Å². The summed E-state index contributed by atoms with van der Waals surface area (Å²) >= 11 is -2.93. The summed E-state index contributed by atoms with van der Waals surface area (Å²) in [4.78, 5) is 40.9. The summed E-state index contributed by atoms with van der Waals surface area (Å²) in [6.45, 7) is -0.126. The van der Waals surface area contributed by atoms with Gasteiger partial charge in [-0.05, 0) is 0 Å². The molecule has 11 nitrogen and oxygen atoms in total. The van der Waals surface area contributed by atoms with E-state index in [4.69, 9.17) is 19.6 Å². The maximum absolute atomic E-state index is 10.0. The summed E-state index contributed by atoms with van der Waals surface area (Å²) in [5.41, 5.74) is 0. The van der Waals surface area contributed by atoms with E-state index in [9.17, 15) is 17.2 Å². The molecular weight excluding hydrogens is 310 g/mol. The van der Waals surface area contributed by atoms with Crippen molar-refractivity contribution in [3.05, 3.63) is 0 Å². The Morgan fingerprint density at radius 1 is 1.19 bits per heavy atom. The summed E-state index contributed by atoms with van der Waals surface area (Å²) in [6.07, 6.45) is 0. The van der Waals surface area contributed by atoms with Gasteiger partial charge in [0.15, 0.2) is 0 Å². The zero-order chi connectivity index (χ0) is 13.0. The fourth-order valence-electron chi connectivity index (χ4n) is 0.408. The first-order valence-corrected chi connectivity index (χ1v) is 8.17. The van der Waals surface area contributed by atoms with Gasteiger partial charge in [0.25, 0.3) is 0 Å². The number of phosphoric acid groups is 2. The predicted molar refractivity (Wildman–Crippen MR) is 37.9 cm³/mol. The minimum atomic E-state index is -5.05. The van der Waals surface area contributed by atoms with Gasteiger partial charge in [-0.1, -0.05) is 0 Å². The summed E-state index contributed by atoms with van der Waals surface area (Å²) in [5, 5.41) is 0. The number of hydrogen-bond acceptors (Lipinski definition) is 7. The van der Waals surface area contributed by atoms with E-state index in [0.717, 1.165) is 0 Å². The van der Waals surface area contributed by atoms with Crippen molar-refractivity contribution in [2.45, 2.75) is 0 Å². The summed E-state index contributed by atoms with van der Waals surface area (Å²) < 4.78 is 40.7. The van der Waals surface area contributed by atoms with Gasteiger partial charge < -0.3 is 19.6 Å². The van der Waals surface area contributed by atoms with E-state index < -0.39 is 40.2 Å². The Morgan fingerprint density at radius 3 is 1.69 bits per heavy atom. The third-order valence-corrected chi connectivity index (χ3v) is 3.63. The fraction of sp³-hybridized carbons (Fsp3) is 0.500. The van der Waals surface area contributed by atoms with E-state index in [1.807, 2.05) is 0 Å². The van der Waals surface area contributed by atoms with E-state index in [1.165, 1.54) is 0 Å². The SMILES string of the molecule is O=C1C[O][Ti](=[O])[O]1.O=P(O)(O)OP(=O)(O)O. The Labute approximate surface area is 94.9 Å². The van der Waals surface area contributed by atoms with Crippen LogP contribution in [0.1, 0.15) is 0 Å². The largest absolute Gasteiger partial charge is 0.478 e. The number of hydrogen-bond donors (Lipinski definition) is 4. The van der Waals surface area contributed by atoms with Crippen LogP contribution in [0.4, 0.5) is 0 Å². The molecule has 1 rings (SSSR count). The van der Waals surface area contributed by atoms with E-state index in [-0.39, 0.29) is 6.61 Å². The molecule has 0 bridgehead atoms. The second-order valence-electron chi connectivity index (χ2n) is 2.08. The summed E-state index contributed by atoms with van der Waals surface area (Å²) in [5.74, 6) is -0.509. The number of carbonyl (C=O) groups excluding carboxylic acids is 1. The Bertz CT molecular complexity index is 328. The smallest absolute Gasteiger partial charge is 0.302 e. The molecule has 0 unspecified atom stereocenters. The Kier molecular flexibility index (Phi) is 6.30.